The summed E-state index contributed by atoms with van der Waals surface area (Å²) in [6.07, 6.45) is 0. The maximum atomic E-state index is 13.1. The predicted octanol–water partition coefficient (Wildman–Crippen LogP) is 3.52. The van der Waals surface area contributed by atoms with Gasteiger partial charge >= 0.3 is 0 Å². The minimum atomic E-state index is -0.368. The summed E-state index contributed by atoms with van der Waals surface area (Å²) in [7, 11) is 1.75. The van der Waals surface area contributed by atoms with Crippen LogP contribution in [0, 0.1) is 12.7 Å². The Bertz CT molecular complexity index is 577. The Morgan fingerprint density at radius 2 is 2.06 bits per heavy atom. The number of ether oxygens (including phenoxy) is 1. The maximum Gasteiger partial charge on any atom is 0.224 e. The number of anilines is 1. The van der Waals surface area contributed by atoms with Crippen molar-refractivity contribution in [1.82, 2.24) is 9.97 Å². The van der Waals surface area contributed by atoms with Gasteiger partial charge in [0.05, 0.1) is 4.47 Å². The first-order valence-electron chi connectivity index (χ1n) is 5.25. The molecule has 0 radical (unpaired) electrons. The average molecular weight is 312 g/mol. The molecule has 0 fully saturated rings. The van der Waals surface area contributed by atoms with Gasteiger partial charge in [-0.1, -0.05) is 0 Å². The molecule has 0 atom stereocenters. The molecule has 2 aromatic rings. The van der Waals surface area contributed by atoms with Gasteiger partial charge in [-0.2, -0.15) is 4.98 Å². The number of hydrogen-bond acceptors (Lipinski definition) is 4. The van der Waals surface area contributed by atoms with Crippen LogP contribution >= 0.6 is 15.9 Å². The number of nitrogens with zero attached hydrogens (tertiary/aromatic N) is 2. The fraction of sp³-hybridized carbons (Fsp3) is 0.167. The highest BCUT2D eigenvalue weighted by molar-refractivity contribution is 9.10. The summed E-state index contributed by atoms with van der Waals surface area (Å²) in [5.41, 5.74) is 0. The standard InChI is InChI=1S/C12H11BrFN3O/c1-7-16-11(15-2)6-12(17-7)18-10-5-8(14)3-4-9(10)13/h3-6H,1-2H3,(H,15,16,17). The van der Waals surface area contributed by atoms with E-state index in [2.05, 4.69) is 31.2 Å². The summed E-state index contributed by atoms with van der Waals surface area (Å²) >= 11 is 3.29. The summed E-state index contributed by atoms with van der Waals surface area (Å²) in [5.74, 6) is 1.58. The molecule has 4 nitrogen and oxygen atoms in total. The third-order valence-corrected chi connectivity index (χ3v) is 2.83. The Hall–Kier alpha value is -1.69. The van der Waals surface area contributed by atoms with E-state index < -0.39 is 0 Å². The topological polar surface area (TPSA) is 47.0 Å². The molecule has 0 bridgehead atoms. The van der Waals surface area contributed by atoms with E-state index in [1.807, 2.05) is 0 Å². The molecule has 0 aliphatic heterocycles. The van der Waals surface area contributed by atoms with Crippen LogP contribution in [0.1, 0.15) is 5.82 Å². The third kappa shape index (κ3) is 2.95. The van der Waals surface area contributed by atoms with E-state index in [0.29, 0.717) is 27.7 Å². The van der Waals surface area contributed by atoms with Crippen LogP contribution in [0.4, 0.5) is 10.2 Å². The molecule has 0 saturated heterocycles. The maximum absolute atomic E-state index is 13.1. The first kappa shape index (κ1) is 12.8. The first-order valence-corrected chi connectivity index (χ1v) is 6.04. The first-order chi connectivity index (χ1) is 8.58. The smallest absolute Gasteiger partial charge is 0.224 e. The van der Waals surface area contributed by atoms with E-state index in [-0.39, 0.29) is 5.82 Å². The molecule has 0 saturated carbocycles. The monoisotopic (exact) mass is 311 g/mol. The van der Waals surface area contributed by atoms with Crippen LogP contribution in [-0.2, 0) is 0 Å². The van der Waals surface area contributed by atoms with E-state index in [4.69, 9.17) is 4.74 Å². The Kier molecular flexibility index (Phi) is 3.76. The lowest BCUT2D eigenvalue weighted by Gasteiger charge is -2.08. The zero-order chi connectivity index (χ0) is 13.1. The Labute approximate surface area is 112 Å². The zero-order valence-corrected chi connectivity index (χ0v) is 11.5. The van der Waals surface area contributed by atoms with Crippen LogP contribution in [0.3, 0.4) is 0 Å². The van der Waals surface area contributed by atoms with Gasteiger partial charge in [-0.15, -0.1) is 0 Å². The molecule has 1 N–H and O–H groups in total. The van der Waals surface area contributed by atoms with E-state index in [9.17, 15) is 4.39 Å². The molecule has 1 aromatic heterocycles. The number of hydrogen-bond donors (Lipinski definition) is 1. The van der Waals surface area contributed by atoms with Crippen LogP contribution in [0.25, 0.3) is 0 Å². The number of halogens is 2. The van der Waals surface area contributed by atoms with Crippen molar-refractivity contribution in [3.63, 3.8) is 0 Å². The molecule has 0 spiro atoms. The molecule has 1 heterocycles. The fourth-order valence-corrected chi connectivity index (χ4v) is 1.72. The third-order valence-electron chi connectivity index (χ3n) is 2.18. The van der Waals surface area contributed by atoms with Crippen molar-refractivity contribution < 1.29 is 9.13 Å². The average Bonchev–Trinajstić information content (AvgIpc) is 2.33. The lowest BCUT2D eigenvalue weighted by Crippen LogP contribution is -1.99. The van der Waals surface area contributed by atoms with E-state index in [0.717, 1.165) is 0 Å². The summed E-state index contributed by atoms with van der Waals surface area (Å²) in [6.45, 7) is 1.76. The Balaban J connectivity index is 2.33. The van der Waals surface area contributed by atoms with Gasteiger partial charge in [-0.25, -0.2) is 9.37 Å². The molecule has 0 amide bonds. The number of aryl methyl sites for hydroxylation is 1. The molecular weight excluding hydrogens is 301 g/mol. The minimum Gasteiger partial charge on any atom is -0.438 e. The Morgan fingerprint density at radius 3 is 2.78 bits per heavy atom. The second-order valence-electron chi connectivity index (χ2n) is 3.57. The van der Waals surface area contributed by atoms with Crippen LogP contribution in [0.5, 0.6) is 11.6 Å². The van der Waals surface area contributed by atoms with Crippen molar-refractivity contribution in [2.75, 3.05) is 12.4 Å². The number of benzene rings is 1. The largest absolute Gasteiger partial charge is 0.438 e. The summed E-state index contributed by atoms with van der Waals surface area (Å²) in [6, 6.07) is 5.86. The van der Waals surface area contributed by atoms with Crippen molar-refractivity contribution in [1.29, 1.82) is 0 Å². The molecule has 94 valence electrons. The lowest BCUT2D eigenvalue weighted by atomic mass is 10.3. The van der Waals surface area contributed by atoms with Gasteiger partial charge in [0.2, 0.25) is 5.88 Å². The van der Waals surface area contributed by atoms with Gasteiger partial charge in [-0.3, -0.25) is 0 Å². The fourth-order valence-electron chi connectivity index (χ4n) is 1.39. The molecular formula is C12H11BrFN3O. The molecule has 2 rings (SSSR count). The lowest BCUT2D eigenvalue weighted by molar-refractivity contribution is 0.452. The molecule has 0 aliphatic carbocycles. The quantitative estimate of drug-likeness (QED) is 0.942. The van der Waals surface area contributed by atoms with E-state index >= 15 is 0 Å². The minimum absolute atomic E-state index is 0.359. The van der Waals surface area contributed by atoms with Crippen LogP contribution in [-0.4, -0.2) is 17.0 Å². The summed E-state index contributed by atoms with van der Waals surface area (Å²) in [4.78, 5) is 8.28. The van der Waals surface area contributed by atoms with Crippen molar-refractivity contribution in [3.8, 4) is 11.6 Å². The number of nitrogens with one attached hydrogen (secondary N) is 1. The molecule has 1 aromatic carbocycles. The van der Waals surface area contributed by atoms with Gasteiger partial charge in [0.25, 0.3) is 0 Å². The van der Waals surface area contributed by atoms with E-state index in [1.165, 1.54) is 12.1 Å². The highest BCUT2D eigenvalue weighted by Crippen LogP contribution is 2.30. The number of rotatable bonds is 3. The second-order valence-corrected chi connectivity index (χ2v) is 4.42. The zero-order valence-electron chi connectivity index (χ0n) is 9.87. The van der Waals surface area contributed by atoms with Crippen molar-refractivity contribution in [2.24, 2.45) is 0 Å². The van der Waals surface area contributed by atoms with Crippen LogP contribution in [0.15, 0.2) is 28.7 Å². The van der Waals surface area contributed by atoms with Crippen molar-refractivity contribution >= 4 is 21.7 Å². The highest BCUT2D eigenvalue weighted by Gasteiger charge is 2.07. The summed E-state index contributed by atoms with van der Waals surface area (Å²) in [5, 5.41) is 2.90. The van der Waals surface area contributed by atoms with Crippen molar-refractivity contribution in [2.45, 2.75) is 6.92 Å². The highest BCUT2D eigenvalue weighted by atomic mass is 79.9. The molecule has 0 unspecified atom stereocenters. The predicted molar refractivity (Wildman–Crippen MR) is 70.5 cm³/mol. The second kappa shape index (κ2) is 5.30. The van der Waals surface area contributed by atoms with Gasteiger partial charge in [0.1, 0.15) is 23.2 Å². The van der Waals surface area contributed by atoms with E-state index in [1.54, 1.807) is 26.1 Å². The van der Waals surface area contributed by atoms with Crippen LogP contribution < -0.4 is 10.1 Å². The van der Waals surface area contributed by atoms with Gasteiger partial charge in [-0.05, 0) is 35.0 Å². The van der Waals surface area contributed by atoms with Gasteiger partial charge in [0.15, 0.2) is 0 Å². The SMILES string of the molecule is CNc1cc(Oc2cc(F)ccc2Br)nc(C)n1. The summed E-state index contributed by atoms with van der Waals surface area (Å²) < 4.78 is 19.3. The van der Waals surface area contributed by atoms with Crippen LogP contribution in [0.2, 0.25) is 0 Å². The van der Waals surface area contributed by atoms with Crippen molar-refractivity contribution in [3.05, 3.63) is 40.4 Å². The van der Waals surface area contributed by atoms with Gasteiger partial charge in [0, 0.05) is 19.2 Å². The Morgan fingerprint density at radius 1 is 1.28 bits per heavy atom. The molecule has 6 heteroatoms. The van der Waals surface area contributed by atoms with Gasteiger partial charge < -0.3 is 10.1 Å². The molecule has 0 aliphatic rings. The molecule has 18 heavy (non-hydrogen) atoms. The number of aromatic nitrogens is 2. The normalized spacial score (nSPS) is 10.2.